The Bertz CT molecular complexity index is 560. The Labute approximate surface area is 113 Å². The number of halogens is 3. The predicted octanol–water partition coefficient (Wildman–Crippen LogP) is 3.29. The summed E-state index contributed by atoms with van der Waals surface area (Å²) in [7, 11) is 1.79. The molecule has 1 aromatic heterocycles. The van der Waals surface area contributed by atoms with Crippen molar-refractivity contribution in [3.63, 3.8) is 0 Å². The first-order valence-electron chi connectivity index (χ1n) is 5.50. The highest BCUT2D eigenvalue weighted by Gasteiger charge is 2.10. The smallest absolute Gasteiger partial charge is 0.387 e. The standard InChI is InChI=1S/C12H12ClF2N3O/c1-18-7-10(6-17-18)16-5-8-4-9(13)2-3-11(8)19-12(14)15/h2-4,6-7,12,16H,5H2,1H3. The SMILES string of the molecule is Cn1cc(NCc2cc(Cl)ccc2OC(F)F)cn1. The van der Waals surface area contributed by atoms with Crippen molar-refractivity contribution in [1.29, 1.82) is 0 Å². The quantitative estimate of drug-likeness (QED) is 0.917. The topological polar surface area (TPSA) is 39.1 Å². The molecule has 0 amide bonds. The van der Waals surface area contributed by atoms with Crippen LogP contribution < -0.4 is 10.1 Å². The van der Waals surface area contributed by atoms with E-state index in [0.29, 0.717) is 17.1 Å². The molecule has 0 aliphatic heterocycles. The van der Waals surface area contributed by atoms with Crippen LogP contribution in [0.25, 0.3) is 0 Å². The molecule has 0 saturated heterocycles. The molecule has 0 atom stereocenters. The van der Waals surface area contributed by atoms with Crippen molar-refractivity contribution >= 4 is 17.3 Å². The molecule has 7 heteroatoms. The molecule has 1 N–H and O–H groups in total. The monoisotopic (exact) mass is 287 g/mol. The van der Waals surface area contributed by atoms with Crippen LogP contribution in [0.4, 0.5) is 14.5 Å². The molecule has 0 unspecified atom stereocenters. The summed E-state index contributed by atoms with van der Waals surface area (Å²) in [5.41, 5.74) is 1.34. The van der Waals surface area contributed by atoms with E-state index in [-0.39, 0.29) is 5.75 Å². The van der Waals surface area contributed by atoms with E-state index in [9.17, 15) is 8.78 Å². The minimum Gasteiger partial charge on any atom is -0.434 e. The largest absolute Gasteiger partial charge is 0.434 e. The molecule has 0 spiro atoms. The molecule has 0 aliphatic carbocycles. The second-order valence-corrected chi connectivity index (χ2v) is 4.32. The fraction of sp³-hybridized carbons (Fsp3) is 0.250. The van der Waals surface area contributed by atoms with Gasteiger partial charge in [0, 0.05) is 30.4 Å². The van der Waals surface area contributed by atoms with Crippen LogP contribution in [0.1, 0.15) is 5.56 Å². The van der Waals surface area contributed by atoms with Gasteiger partial charge in [-0.15, -0.1) is 0 Å². The number of rotatable bonds is 5. The summed E-state index contributed by atoms with van der Waals surface area (Å²) in [6.45, 7) is -2.55. The summed E-state index contributed by atoms with van der Waals surface area (Å²) in [6.07, 6.45) is 3.41. The second kappa shape index (κ2) is 5.88. The van der Waals surface area contributed by atoms with Gasteiger partial charge in [-0.2, -0.15) is 13.9 Å². The maximum Gasteiger partial charge on any atom is 0.387 e. The number of aryl methyl sites for hydroxylation is 1. The molecule has 0 saturated carbocycles. The summed E-state index contributed by atoms with van der Waals surface area (Å²) in [6, 6.07) is 4.52. The molecule has 4 nitrogen and oxygen atoms in total. The van der Waals surface area contributed by atoms with Crippen molar-refractivity contribution < 1.29 is 13.5 Å². The van der Waals surface area contributed by atoms with Crippen LogP contribution in [0.3, 0.4) is 0 Å². The van der Waals surface area contributed by atoms with Gasteiger partial charge in [0.1, 0.15) is 5.75 Å². The van der Waals surface area contributed by atoms with Gasteiger partial charge in [-0.1, -0.05) is 11.6 Å². The second-order valence-electron chi connectivity index (χ2n) is 3.89. The van der Waals surface area contributed by atoms with E-state index in [4.69, 9.17) is 11.6 Å². The fourth-order valence-electron chi connectivity index (χ4n) is 1.61. The van der Waals surface area contributed by atoms with Gasteiger partial charge in [-0.3, -0.25) is 4.68 Å². The highest BCUT2D eigenvalue weighted by molar-refractivity contribution is 6.30. The number of nitrogens with one attached hydrogen (secondary N) is 1. The van der Waals surface area contributed by atoms with Gasteiger partial charge in [-0.25, -0.2) is 0 Å². The lowest BCUT2D eigenvalue weighted by atomic mass is 10.2. The highest BCUT2D eigenvalue weighted by Crippen LogP contribution is 2.25. The third-order valence-corrected chi connectivity index (χ3v) is 2.66. The summed E-state index contributed by atoms with van der Waals surface area (Å²) in [5.74, 6) is 0.107. The molecule has 0 radical (unpaired) electrons. The third kappa shape index (κ3) is 3.82. The zero-order valence-corrected chi connectivity index (χ0v) is 10.9. The van der Waals surface area contributed by atoms with E-state index in [1.807, 2.05) is 0 Å². The van der Waals surface area contributed by atoms with Crippen molar-refractivity contribution in [2.45, 2.75) is 13.2 Å². The lowest BCUT2D eigenvalue weighted by Gasteiger charge is -2.11. The van der Waals surface area contributed by atoms with Gasteiger partial charge in [0.25, 0.3) is 0 Å². The Hall–Kier alpha value is -1.82. The fourth-order valence-corrected chi connectivity index (χ4v) is 1.80. The molecule has 1 aromatic carbocycles. The van der Waals surface area contributed by atoms with Gasteiger partial charge >= 0.3 is 6.61 Å². The average molecular weight is 288 g/mol. The summed E-state index contributed by atoms with van der Waals surface area (Å²) in [5, 5.41) is 7.51. The van der Waals surface area contributed by atoms with Gasteiger partial charge in [0.05, 0.1) is 11.9 Å². The first kappa shape index (κ1) is 13.6. The van der Waals surface area contributed by atoms with Crippen LogP contribution in [0.2, 0.25) is 5.02 Å². The van der Waals surface area contributed by atoms with E-state index in [0.717, 1.165) is 5.69 Å². The maximum absolute atomic E-state index is 12.3. The van der Waals surface area contributed by atoms with E-state index < -0.39 is 6.61 Å². The predicted molar refractivity (Wildman–Crippen MR) is 68.6 cm³/mol. The molecule has 1 heterocycles. The van der Waals surface area contributed by atoms with Crippen molar-refractivity contribution in [3.05, 3.63) is 41.2 Å². The number of aromatic nitrogens is 2. The summed E-state index contributed by atoms with van der Waals surface area (Å²) < 4.78 is 30.6. The van der Waals surface area contributed by atoms with E-state index in [1.54, 1.807) is 30.2 Å². The molecule has 0 bridgehead atoms. The van der Waals surface area contributed by atoms with Crippen molar-refractivity contribution in [2.24, 2.45) is 7.05 Å². The van der Waals surface area contributed by atoms with E-state index in [1.165, 1.54) is 12.1 Å². The Balaban J connectivity index is 2.11. The van der Waals surface area contributed by atoms with Crippen LogP contribution in [0.5, 0.6) is 5.75 Å². The summed E-state index contributed by atoms with van der Waals surface area (Å²) in [4.78, 5) is 0. The van der Waals surface area contributed by atoms with E-state index >= 15 is 0 Å². The number of nitrogens with zero attached hydrogens (tertiary/aromatic N) is 2. The minimum atomic E-state index is -2.86. The number of hydrogen-bond donors (Lipinski definition) is 1. The summed E-state index contributed by atoms with van der Waals surface area (Å²) >= 11 is 5.85. The lowest BCUT2D eigenvalue weighted by molar-refractivity contribution is -0.0504. The van der Waals surface area contributed by atoms with Crippen LogP contribution in [0.15, 0.2) is 30.6 Å². The van der Waals surface area contributed by atoms with Gasteiger partial charge in [-0.05, 0) is 18.2 Å². The third-order valence-electron chi connectivity index (χ3n) is 2.43. The first-order valence-corrected chi connectivity index (χ1v) is 5.88. The van der Waals surface area contributed by atoms with Crippen molar-refractivity contribution in [1.82, 2.24) is 9.78 Å². The zero-order valence-electron chi connectivity index (χ0n) is 10.1. The molecule has 102 valence electrons. The Morgan fingerprint density at radius 2 is 2.26 bits per heavy atom. The van der Waals surface area contributed by atoms with Crippen molar-refractivity contribution in [2.75, 3.05) is 5.32 Å². The molecular formula is C12H12ClF2N3O. The number of ether oxygens (including phenoxy) is 1. The Morgan fingerprint density at radius 3 is 2.89 bits per heavy atom. The molecular weight excluding hydrogens is 276 g/mol. The Kier molecular flexibility index (Phi) is 4.21. The zero-order chi connectivity index (χ0) is 13.8. The minimum absolute atomic E-state index is 0.107. The molecule has 2 aromatic rings. The molecule has 0 aliphatic rings. The van der Waals surface area contributed by atoms with Gasteiger partial charge in [0.15, 0.2) is 0 Å². The van der Waals surface area contributed by atoms with Crippen LogP contribution in [-0.4, -0.2) is 16.4 Å². The normalized spacial score (nSPS) is 10.8. The number of hydrogen-bond acceptors (Lipinski definition) is 3. The van der Waals surface area contributed by atoms with E-state index in [2.05, 4.69) is 15.2 Å². The van der Waals surface area contributed by atoms with Crippen LogP contribution in [0, 0.1) is 0 Å². The maximum atomic E-state index is 12.3. The molecule has 2 rings (SSSR count). The van der Waals surface area contributed by atoms with Crippen molar-refractivity contribution in [3.8, 4) is 5.75 Å². The highest BCUT2D eigenvalue weighted by atomic mass is 35.5. The molecule has 0 fully saturated rings. The van der Waals surface area contributed by atoms with Gasteiger partial charge < -0.3 is 10.1 Å². The van der Waals surface area contributed by atoms with Gasteiger partial charge in [0.2, 0.25) is 0 Å². The average Bonchev–Trinajstić information content (AvgIpc) is 2.75. The lowest BCUT2D eigenvalue weighted by Crippen LogP contribution is -2.07. The first-order chi connectivity index (χ1) is 9.04. The Morgan fingerprint density at radius 1 is 1.47 bits per heavy atom. The van der Waals surface area contributed by atoms with Crippen LogP contribution in [-0.2, 0) is 13.6 Å². The number of anilines is 1. The molecule has 19 heavy (non-hydrogen) atoms. The number of alkyl halides is 2. The number of benzene rings is 1. The van der Waals surface area contributed by atoms with Crippen LogP contribution >= 0.6 is 11.6 Å².